The van der Waals surface area contributed by atoms with Gasteiger partial charge in [-0.05, 0) is 55.8 Å². The van der Waals surface area contributed by atoms with Crippen LogP contribution in [0.2, 0.25) is 0 Å². The summed E-state index contributed by atoms with van der Waals surface area (Å²) < 4.78 is 12.4. The number of alkyl carbamates (subject to hydrolysis) is 1. The summed E-state index contributed by atoms with van der Waals surface area (Å²) in [5.74, 6) is -0.491. The zero-order valence-electron chi connectivity index (χ0n) is 15.8. The zero-order valence-corrected chi connectivity index (χ0v) is 17.4. The molecule has 2 aromatic rings. The van der Waals surface area contributed by atoms with Crippen LogP contribution >= 0.6 is 15.9 Å². The molecule has 0 atom stereocenters. The normalized spacial score (nSPS) is 11.1. The van der Waals surface area contributed by atoms with E-state index in [4.69, 9.17) is 9.47 Å². The Bertz CT molecular complexity index is 800. The molecule has 0 bridgehead atoms. The Morgan fingerprint density at radius 1 is 1.26 bits per heavy atom. The third-order valence-corrected chi connectivity index (χ3v) is 4.06. The molecule has 9 heteroatoms. The first-order chi connectivity index (χ1) is 12.7. The van der Waals surface area contributed by atoms with Gasteiger partial charge in [0.05, 0.1) is 17.6 Å². The van der Waals surface area contributed by atoms with Crippen LogP contribution in [0.3, 0.4) is 0 Å². The molecule has 0 aliphatic heterocycles. The molecule has 0 aliphatic rings. The van der Waals surface area contributed by atoms with Gasteiger partial charge < -0.3 is 14.8 Å². The molecule has 0 saturated heterocycles. The SMILES string of the molecule is CCOC(=O)c1c(Br)c(-c2ccncc2)nn1CCNC(=O)OC(C)(C)C. The number of hydrogen-bond acceptors (Lipinski definition) is 6. The number of halogens is 1. The maximum absolute atomic E-state index is 12.4. The summed E-state index contributed by atoms with van der Waals surface area (Å²) in [6, 6.07) is 3.59. The van der Waals surface area contributed by atoms with Gasteiger partial charge in [0.15, 0.2) is 5.69 Å². The van der Waals surface area contributed by atoms with Crippen molar-refractivity contribution in [2.75, 3.05) is 13.2 Å². The van der Waals surface area contributed by atoms with Crippen LogP contribution in [0, 0.1) is 0 Å². The highest BCUT2D eigenvalue weighted by Gasteiger charge is 2.24. The largest absolute Gasteiger partial charge is 0.461 e. The Labute approximate surface area is 166 Å². The average Bonchev–Trinajstić information content (AvgIpc) is 2.91. The number of rotatable bonds is 6. The van der Waals surface area contributed by atoms with Crippen molar-refractivity contribution in [3.05, 3.63) is 34.7 Å². The summed E-state index contributed by atoms with van der Waals surface area (Å²) in [5.41, 5.74) is 1.11. The Morgan fingerprint density at radius 3 is 2.52 bits per heavy atom. The first-order valence-electron chi connectivity index (χ1n) is 8.53. The van der Waals surface area contributed by atoms with Crippen LogP contribution < -0.4 is 5.32 Å². The standard InChI is InChI=1S/C18H23BrN4O4/c1-5-26-16(24)15-13(19)14(12-6-8-20-9-7-12)22-23(15)11-10-21-17(25)27-18(2,3)4/h6-9H,5,10-11H2,1-4H3,(H,21,25). The molecule has 1 amide bonds. The number of carbonyl (C=O) groups excluding carboxylic acids is 2. The first-order valence-corrected chi connectivity index (χ1v) is 9.33. The van der Waals surface area contributed by atoms with Gasteiger partial charge in [-0.1, -0.05) is 0 Å². The summed E-state index contributed by atoms with van der Waals surface area (Å²) in [7, 11) is 0. The molecule has 0 unspecified atom stereocenters. The van der Waals surface area contributed by atoms with E-state index in [-0.39, 0.29) is 25.4 Å². The van der Waals surface area contributed by atoms with Gasteiger partial charge in [0.1, 0.15) is 11.3 Å². The third-order valence-electron chi connectivity index (χ3n) is 3.31. The highest BCUT2D eigenvalue weighted by molar-refractivity contribution is 9.10. The molecule has 8 nitrogen and oxygen atoms in total. The average molecular weight is 439 g/mol. The minimum Gasteiger partial charge on any atom is -0.461 e. The zero-order chi connectivity index (χ0) is 20.0. The lowest BCUT2D eigenvalue weighted by Crippen LogP contribution is -2.34. The van der Waals surface area contributed by atoms with Crippen molar-refractivity contribution in [3.8, 4) is 11.3 Å². The summed E-state index contributed by atoms with van der Waals surface area (Å²) >= 11 is 3.45. The van der Waals surface area contributed by atoms with Crippen molar-refractivity contribution >= 4 is 28.0 Å². The van der Waals surface area contributed by atoms with Gasteiger partial charge in [-0.2, -0.15) is 5.10 Å². The molecular formula is C18H23BrN4O4. The molecule has 0 radical (unpaired) electrons. The lowest BCUT2D eigenvalue weighted by Gasteiger charge is -2.19. The van der Waals surface area contributed by atoms with Gasteiger partial charge in [-0.25, -0.2) is 9.59 Å². The summed E-state index contributed by atoms with van der Waals surface area (Å²) in [5, 5.41) is 7.16. The van der Waals surface area contributed by atoms with Gasteiger partial charge >= 0.3 is 12.1 Å². The van der Waals surface area contributed by atoms with Crippen molar-refractivity contribution < 1.29 is 19.1 Å². The van der Waals surface area contributed by atoms with Crippen molar-refractivity contribution in [3.63, 3.8) is 0 Å². The second-order valence-corrected chi connectivity index (χ2v) is 7.41. The van der Waals surface area contributed by atoms with Crippen LogP contribution in [-0.4, -0.2) is 45.6 Å². The molecule has 1 N–H and O–H groups in total. The van der Waals surface area contributed by atoms with E-state index >= 15 is 0 Å². The Morgan fingerprint density at radius 2 is 1.93 bits per heavy atom. The quantitative estimate of drug-likeness (QED) is 0.694. The Kier molecular flexibility index (Phi) is 6.95. The van der Waals surface area contributed by atoms with Gasteiger partial charge in [-0.3, -0.25) is 9.67 Å². The smallest absolute Gasteiger partial charge is 0.407 e. The van der Waals surface area contributed by atoms with Crippen molar-refractivity contribution in [2.45, 2.75) is 39.8 Å². The maximum atomic E-state index is 12.4. The highest BCUT2D eigenvalue weighted by atomic mass is 79.9. The number of ether oxygens (including phenoxy) is 2. The van der Waals surface area contributed by atoms with Crippen molar-refractivity contribution in [2.24, 2.45) is 0 Å². The highest BCUT2D eigenvalue weighted by Crippen LogP contribution is 2.30. The predicted molar refractivity (Wildman–Crippen MR) is 103 cm³/mol. The first kappa shape index (κ1) is 20.9. The number of esters is 1. The van der Waals surface area contributed by atoms with Gasteiger partial charge in [0.2, 0.25) is 0 Å². The number of nitrogens with zero attached hydrogens (tertiary/aromatic N) is 3. The van der Waals surface area contributed by atoms with Gasteiger partial charge in [0.25, 0.3) is 0 Å². The molecule has 146 valence electrons. The van der Waals surface area contributed by atoms with Crippen LogP contribution in [0.25, 0.3) is 11.3 Å². The van der Waals surface area contributed by atoms with Gasteiger partial charge in [-0.15, -0.1) is 0 Å². The summed E-state index contributed by atoms with van der Waals surface area (Å²) in [6.45, 7) is 7.87. The second kappa shape index (κ2) is 8.98. The van der Waals surface area contributed by atoms with E-state index in [1.807, 2.05) is 0 Å². The van der Waals surface area contributed by atoms with Crippen molar-refractivity contribution in [1.29, 1.82) is 0 Å². The molecule has 27 heavy (non-hydrogen) atoms. The van der Waals surface area contributed by atoms with E-state index in [9.17, 15) is 9.59 Å². The van der Waals surface area contributed by atoms with E-state index < -0.39 is 17.7 Å². The van der Waals surface area contributed by atoms with Crippen molar-refractivity contribution in [1.82, 2.24) is 20.1 Å². The van der Waals surface area contributed by atoms with E-state index in [0.29, 0.717) is 10.2 Å². The Balaban J connectivity index is 2.21. The lowest BCUT2D eigenvalue weighted by molar-refractivity contribution is 0.0510. The molecular weight excluding hydrogens is 416 g/mol. The molecule has 0 aliphatic carbocycles. The van der Waals surface area contributed by atoms with Crippen LogP contribution in [-0.2, 0) is 16.0 Å². The van der Waals surface area contributed by atoms with Crippen LogP contribution in [0.15, 0.2) is 29.0 Å². The molecule has 2 heterocycles. The predicted octanol–water partition coefficient (Wildman–Crippen LogP) is 3.41. The lowest BCUT2D eigenvalue weighted by atomic mass is 10.2. The molecule has 0 aromatic carbocycles. The molecule has 2 rings (SSSR count). The minimum absolute atomic E-state index is 0.241. The van der Waals surface area contributed by atoms with Crippen LogP contribution in [0.5, 0.6) is 0 Å². The molecule has 0 fully saturated rings. The molecule has 0 spiro atoms. The minimum atomic E-state index is -0.580. The second-order valence-electron chi connectivity index (χ2n) is 6.62. The maximum Gasteiger partial charge on any atom is 0.407 e. The summed E-state index contributed by atoms with van der Waals surface area (Å²) in [4.78, 5) is 28.2. The van der Waals surface area contributed by atoms with E-state index in [1.165, 1.54) is 4.68 Å². The fraction of sp³-hybridized carbons (Fsp3) is 0.444. The molecule has 2 aromatic heterocycles. The van der Waals surface area contributed by atoms with Crippen LogP contribution in [0.1, 0.15) is 38.2 Å². The number of hydrogen-bond donors (Lipinski definition) is 1. The number of aromatic nitrogens is 3. The number of amides is 1. The number of carbonyl (C=O) groups is 2. The monoisotopic (exact) mass is 438 g/mol. The van der Waals surface area contributed by atoms with Gasteiger partial charge in [0, 0.05) is 24.5 Å². The fourth-order valence-electron chi connectivity index (χ4n) is 2.27. The number of pyridine rings is 1. The Hall–Kier alpha value is -2.42. The van der Waals surface area contributed by atoms with E-state index in [0.717, 1.165) is 5.56 Å². The summed E-state index contributed by atoms with van der Waals surface area (Å²) in [6.07, 6.45) is 2.77. The van der Waals surface area contributed by atoms with E-state index in [1.54, 1.807) is 52.2 Å². The number of nitrogens with one attached hydrogen (secondary N) is 1. The van der Waals surface area contributed by atoms with E-state index in [2.05, 4.69) is 31.3 Å². The molecule has 0 saturated carbocycles. The fourth-order valence-corrected chi connectivity index (χ4v) is 2.94. The third kappa shape index (κ3) is 5.78. The topological polar surface area (TPSA) is 95.3 Å². The van der Waals surface area contributed by atoms with Crippen LogP contribution in [0.4, 0.5) is 4.79 Å².